The van der Waals surface area contributed by atoms with Gasteiger partial charge in [0.05, 0.1) is 24.5 Å². The van der Waals surface area contributed by atoms with E-state index in [-0.39, 0.29) is 5.91 Å². The summed E-state index contributed by atoms with van der Waals surface area (Å²) in [6, 6.07) is 20.8. The number of nitrogens with one attached hydrogen (secondary N) is 1. The zero-order valence-corrected chi connectivity index (χ0v) is 13.0. The maximum absolute atomic E-state index is 12.4. The molecule has 0 atom stereocenters. The number of carbonyl (C=O) groups excluding carboxylic acids is 1. The molecule has 1 amide bonds. The summed E-state index contributed by atoms with van der Waals surface area (Å²) in [7, 11) is 0. The molecule has 0 aliphatic carbocycles. The number of benzene rings is 3. The highest BCUT2D eigenvalue weighted by Gasteiger charge is 2.24. The fourth-order valence-corrected chi connectivity index (χ4v) is 3.20. The van der Waals surface area contributed by atoms with E-state index in [4.69, 9.17) is 0 Å². The molecule has 0 aromatic heterocycles. The van der Waals surface area contributed by atoms with Crippen LogP contribution in [0.3, 0.4) is 0 Å². The van der Waals surface area contributed by atoms with Crippen molar-refractivity contribution in [1.82, 2.24) is 0 Å². The smallest absolute Gasteiger partial charge is 0.246 e. The summed E-state index contributed by atoms with van der Waals surface area (Å²) in [5, 5.41) is 5.62. The summed E-state index contributed by atoms with van der Waals surface area (Å²) in [4.78, 5) is 14.3. The molecule has 0 saturated carbocycles. The summed E-state index contributed by atoms with van der Waals surface area (Å²) < 4.78 is 0. The highest BCUT2D eigenvalue weighted by molar-refractivity contribution is 6.03. The van der Waals surface area contributed by atoms with Crippen molar-refractivity contribution in [3.63, 3.8) is 0 Å². The van der Waals surface area contributed by atoms with Crippen molar-refractivity contribution in [2.75, 3.05) is 16.8 Å². The molecule has 3 aromatic rings. The Balaban J connectivity index is 1.77. The molecule has 0 saturated heterocycles. The molecule has 3 heteroatoms. The first-order valence-electron chi connectivity index (χ1n) is 7.84. The zero-order valence-electron chi connectivity index (χ0n) is 13.0. The molecule has 0 bridgehead atoms. The molecule has 0 spiro atoms. The number of fused-ring (bicyclic) bond motifs is 2. The third-order valence-electron chi connectivity index (χ3n) is 4.38. The van der Waals surface area contributed by atoms with Crippen LogP contribution in [0.4, 0.5) is 11.4 Å². The van der Waals surface area contributed by atoms with Crippen LogP contribution in [0.1, 0.15) is 11.1 Å². The van der Waals surface area contributed by atoms with Crippen molar-refractivity contribution in [2.24, 2.45) is 0 Å². The topological polar surface area (TPSA) is 32.3 Å². The van der Waals surface area contributed by atoms with E-state index in [1.54, 1.807) is 0 Å². The number of aryl methyl sites for hydroxylation is 1. The minimum absolute atomic E-state index is 0.106. The summed E-state index contributed by atoms with van der Waals surface area (Å²) in [5.41, 5.74) is 4.35. The average Bonchev–Trinajstić information content (AvgIpc) is 2.57. The second-order valence-electron chi connectivity index (χ2n) is 5.99. The van der Waals surface area contributed by atoms with E-state index >= 15 is 0 Å². The zero-order chi connectivity index (χ0) is 15.8. The van der Waals surface area contributed by atoms with Crippen molar-refractivity contribution in [1.29, 1.82) is 0 Å². The lowest BCUT2D eigenvalue weighted by molar-refractivity contribution is -0.117. The van der Waals surface area contributed by atoms with Gasteiger partial charge in [0.1, 0.15) is 0 Å². The van der Waals surface area contributed by atoms with E-state index < -0.39 is 0 Å². The van der Waals surface area contributed by atoms with Crippen molar-refractivity contribution >= 4 is 28.1 Å². The maximum Gasteiger partial charge on any atom is 0.246 e. The number of carbonyl (C=O) groups is 1. The quantitative estimate of drug-likeness (QED) is 0.772. The van der Waals surface area contributed by atoms with Gasteiger partial charge in [-0.1, -0.05) is 48.5 Å². The first-order valence-corrected chi connectivity index (χ1v) is 7.84. The monoisotopic (exact) mass is 302 g/mol. The van der Waals surface area contributed by atoms with E-state index in [2.05, 4.69) is 54.7 Å². The fourth-order valence-electron chi connectivity index (χ4n) is 3.20. The third kappa shape index (κ3) is 2.44. The van der Waals surface area contributed by atoms with Crippen molar-refractivity contribution < 1.29 is 4.79 Å². The Kier molecular flexibility index (Phi) is 3.27. The minimum atomic E-state index is 0.106. The van der Waals surface area contributed by atoms with Crippen LogP contribution in [-0.2, 0) is 11.3 Å². The Morgan fingerprint density at radius 3 is 2.78 bits per heavy atom. The molecule has 0 unspecified atom stereocenters. The van der Waals surface area contributed by atoms with Gasteiger partial charge in [-0.25, -0.2) is 0 Å². The van der Waals surface area contributed by atoms with Crippen LogP contribution >= 0.6 is 0 Å². The predicted molar refractivity (Wildman–Crippen MR) is 94.8 cm³/mol. The molecule has 1 N–H and O–H groups in total. The van der Waals surface area contributed by atoms with Gasteiger partial charge < -0.3 is 10.2 Å². The fraction of sp³-hybridized carbons (Fsp3) is 0.150. The number of hydrogen-bond donors (Lipinski definition) is 1. The highest BCUT2D eigenvalue weighted by Crippen LogP contribution is 2.32. The standard InChI is InChI=1S/C20H18N2O/c1-14-9-10-19-18(11-14)21-12-20(23)22(19)13-16-7-4-6-15-5-2-3-8-17(15)16/h2-11,21H,12-13H2,1H3. The van der Waals surface area contributed by atoms with Gasteiger partial charge in [-0.05, 0) is 41.0 Å². The van der Waals surface area contributed by atoms with Crippen molar-refractivity contribution in [3.8, 4) is 0 Å². The van der Waals surface area contributed by atoms with Gasteiger partial charge in [-0.3, -0.25) is 4.79 Å². The molecule has 3 nitrogen and oxygen atoms in total. The Labute approximate surface area is 135 Å². The molecule has 1 aliphatic rings. The minimum Gasteiger partial charge on any atom is -0.374 e. The van der Waals surface area contributed by atoms with E-state index in [9.17, 15) is 4.79 Å². The van der Waals surface area contributed by atoms with Crippen LogP contribution in [0.15, 0.2) is 60.7 Å². The molecule has 1 heterocycles. The van der Waals surface area contributed by atoms with Crippen LogP contribution in [-0.4, -0.2) is 12.5 Å². The van der Waals surface area contributed by atoms with Gasteiger partial charge in [0, 0.05) is 0 Å². The van der Waals surface area contributed by atoms with E-state index in [1.165, 1.54) is 21.9 Å². The van der Waals surface area contributed by atoms with Crippen LogP contribution in [0, 0.1) is 6.92 Å². The Hall–Kier alpha value is -2.81. The van der Waals surface area contributed by atoms with E-state index in [0.29, 0.717) is 13.1 Å². The lowest BCUT2D eigenvalue weighted by Crippen LogP contribution is -2.39. The lowest BCUT2D eigenvalue weighted by Gasteiger charge is -2.31. The summed E-state index contributed by atoms with van der Waals surface area (Å²) in [6.45, 7) is 3.01. The van der Waals surface area contributed by atoms with Crippen LogP contribution in [0.5, 0.6) is 0 Å². The van der Waals surface area contributed by atoms with Gasteiger partial charge in [0.15, 0.2) is 0 Å². The second kappa shape index (κ2) is 5.43. The molecular weight excluding hydrogens is 284 g/mol. The predicted octanol–water partition coefficient (Wildman–Crippen LogP) is 4.11. The van der Waals surface area contributed by atoms with Gasteiger partial charge in [0.25, 0.3) is 0 Å². The molecule has 23 heavy (non-hydrogen) atoms. The number of rotatable bonds is 2. The van der Waals surface area contributed by atoms with Gasteiger partial charge in [-0.2, -0.15) is 0 Å². The molecule has 114 valence electrons. The summed E-state index contributed by atoms with van der Waals surface area (Å²) in [6.07, 6.45) is 0. The normalized spacial score (nSPS) is 13.8. The highest BCUT2D eigenvalue weighted by atomic mass is 16.2. The first kappa shape index (κ1) is 13.8. The second-order valence-corrected chi connectivity index (χ2v) is 5.99. The van der Waals surface area contributed by atoms with Crippen LogP contribution in [0.2, 0.25) is 0 Å². The average molecular weight is 302 g/mol. The van der Waals surface area contributed by atoms with Gasteiger partial charge >= 0.3 is 0 Å². The summed E-state index contributed by atoms with van der Waals surface area (Å²) >= 11 is 0. The Morgan fingerprint density at radius 1 is 1.04 bits per heavy atom. The molecule has 0 fully saturated rings. The Bertz CT molecular complexity index is 896. The number of amides is 1. The first-order chi connectivity index (χ1) is 11.2. The number of hydrogen-bond acceptors (Lipinski definition) is 2. The SMILES string of the molecule is Cc1ccc2c(c1)NCC(=O)N2Cc1cccc2ccccc12. The number of nitrogens with zero attached hydrogens (tertiary/aromatic N) is 1. The van der Waals surface area contributed by atoms with Crippen LogP contribution < -0.4 is 10.2 Å². The maximum atomic E-state index is 12.4. The van der Waals surface area contributed by atoms with Gasteiger partial charge in [-0.15, -0.1) is 0 Å². The van der Waals surface area contributed by atoms with E-state index in [0.717, 1.165) is 11.4 Å². The molecule has 3 aromatic carbocycles. The van der Waals surface area contributed by atoms with Crippen LogP contribution in [0.25, 0.3) is 10.8 Å². The summed E-state index contributed by atoms with van der Waals surface area (Å²) in [5.74, 6) is 0.106. The molecule has 1 aliphatic heterocycles. The largest absolute Gasteiger partial charge is 0.374 e. The Morgan fingerprint density at radius 2 is 1.87 bits per heavy atom. The molecular formula is C20H18N2O. The third-order valence-corrected chi connectivity index (χ3v) is 4.38. The van der Waals surface area contributed by atoms with Crippen molar-refractivity contribution in [2.45, 2.75) is 13.5 Å². The lowest BCUT2D eigenvalue weighted by atomic mass is 10.0. The number of anilines is 2. The van der Waals surface area contributed by atoms with Crippen molar-refractivity contribution in [3.05, 3.63) is 71.8 Å². The molecule has 4 rings (SSSR count). The van der Waals surface area contributed by atoms with E-state index in [1.807, 2.05) is 23.1 Å². The molecule has 0 radical (unpaired) electrons. The van der Waals surface area contributed by atoms with Gasteiger partial charge in [0.2, 0.25) is 5.91 Å².